The standard InChI is InChI=1S/C14H28N2O2/c1-10(2)14(7-8-15-9-14)11(17)16-12(3,4)13(5,6)18/h10,15,18H,7-9H2,1-6H3,(H,16,17). The van der Waals surface area contributed by atoms with Gasteiger partial charge in [0.05, 0.1) is 16.6 Å². The minimum absolute atomic E-state index is 0.0506. The molecule has 0 radical (unpaired) electrons. The van der Waals surface area contributed by atoms with Crippen molar-refractivity contribution in [3.8, 4) is 0 Å². The molecule has 1 unspecified atom stereocenters. The van der Waals surface area contributed by atoms with Crippen LogP contribution in [0.1, 0.15) is 48.0 Å². The van der Waals surface area contributed by atoms with Crippen LogP contribution in [0.2, 0.25) is 0 Å². The van der Waals surface area contributed by atoms with Gasteiger partial charge in [0, 0.05) is 6.54 Å². The third kappa shape index (κ3) is 2.69. The second kappa shape index (κ2) is 4.82. The molecule has 1 heterocycles. The Balaban J connectivity index is 2.88. The van der Waals surface area contributed by atoms with E-state index in [2.05, 4.69) is 24.5 Å². The molecule has 4 nitrogen and oxygen atoms in total. The summed E-state index contributed by atoms with van der Waals surface area (Å²) >= 11 is 0. The van der Waals surface area contributed by atoms with Gasteiger partial charge in [0.1, 0.15) is 0 Å². The van der Waals surface area contributed by atoms with Crippen molar-refractivity contribution >= 4 is 5.91 Å². The van der Waals surface area contributed by atoms with E-state index in [0.29, 0.717) is 0 Å². The third-order valence-corrected chi connectivity index (χ3v) is 4.70. The number of rotatable bonds is 4. The normalized spacial score (nSPS) is 25.6. The van der Waals surface area contributed by atoms with Crippen LogP contribution in [0.3, 0.4) is 0 Å². The molecule has 3 N–H and O–H groups in total. The van der Waals surface area contributed by atoms with Gasteiger partial charge in [-0.3, -0.25) is 4.79 Å². The number of aliphatic hydroxyl groups is 1. The molecule has 0 saturated carbocycles. The number of hydrogen-bond donors (Lipinski definition) is 3. The lowest BCUT2D eigenvalue weighted by Gasteiger charge is -2.42. The van der Waals surface area contributed by atoms with Gasteiger partial charge in [0.15, 0.2) is 0 Å². The van der Waals surface area contributed by atoms with E-state index in [1.165, 1.54) is 0 Å². The van der Waals surface area contributed by atoms with Crippen molar-refractivity contribution in [3.63, 3.8) is 0 Å². The van der Waals surface area contributed by atoms with Gasteiger partial charge in [-0.25, -0.2) is 0 Å². The fraction of sp³-hybridized carbons (Fsp3) is 0.929. The maximum Gasteiger partial charge on any atom is 0.228 e. The molecule has 0 aromatic heterocycles. The zero-order valence-electron chi connectivity index (χ0n) is 12.6. The molecule has 0 aromatic rings. The molecular formula is C14H28N2O2. The molecule has 0 aromatic carbocycles. The summed E-state index contributed by atoms with van der Waals surface area (Å²) in [6.07, 6.45) is 0.860. The van der Waals surface area contributed by atoms with Crippen LogP contribution in [-0.4, -0.2) is 35.2 Å². The van der Waals surface area contributed by atoms with Crippen LogP contribution in [0.25, 0.3) is 0 Å². The van der Waals surface area contributed by atoms with Crippen molar-refractivity contribution in [2.24, 2.45) is 11.3 Å². The van der Waals surface area contributed by atoms with Crippen molar-refractivity contribution < 1.29 is 9.90 Å². The van der Waals surface area contributed by atoms with Crippen LogP contribution >= 0.6 is 0 Å². The minimum Gasteiger partial charge on any atom is -0.388 e. The number of carbonyl (C=O) groups excluding carboxylic acids is 1. The lowest BCUT2D eigenvalue weighted by molar-refractivity contribution is -0.137. The highest BCUT2D eigenvalue weighted by Crippen LogP contribution is 2.35. The van der Waals surface area contributed by atoms with Crippen molar-refractivity contribution in [1.82, 2.24) is 10.6 Å². The Labute approximate surface area is 111 Å². The summed E-state index contributed by atoms with van der Waals surface area (Å²) in [5.74, 6) is 0.333. The topological polar surface area (TPSA) is 61.4 Å². The molecule has 1 amide bonds. The first-order valence-electron chi connectivity index (χ1n) is 6.79. The van der Waals surface area contributed by atoms with Crippen LogP contribution in [0.15, 0.2) is 0 Å². The Bertz CT molecular complexity index is 310. The summed E-state index contributed by atoms with van der Waals surface area (Å²) in [6, 6.07) is 0. The highest BCUT2D eigenvalue weighted by molar-refractivity contribution is 5.84. The Morgan fingerprint density at radius 2 is 1.89 bits per heavy atom. The lowest BCUT2D eigenvalue weighted by Crippen LogP contribution is -2.61. The molecule has 0 aliphatic carbocycles. The average molecular weight is 256 g/mol. The van der Waals surface area contributed by atoms with E-state index in [1.807, 2.05) is 13.8 Å². The van der Waals surface area contributed by atoms with Gasteiger partial charge in [-0.2, -0.15) is 0 Å². The largest absolute Gasteiger partial charge is 0.388 e. The van der Waals surface area contributed by atoms with Crippen molar-refractivity contribution in [2.75, 3.05) is 13.1 Å². The van der Waals surface area contributed by atoms with E-state index in [1.54, 1.807) is 13.8 Å². The fourth-order valence-electron chi connectivity index (χ4n) is 2.22. The van der Waals surface area contributed by atoms with Gasteiger partial charge >= 0.3 is 0 Å². The molecule has 1 saturated heterocycles. The number of carbonyl (C=O) groups is 1. The molecule has 1 atom stereocenters. The van der Waals surface area contributed by atoms with Gasteiger partial charge in [-0.15, -0.1) is 0 Å². The second-order valence-electron chi connectivity index (χ2n) is 6.88. The zero-order chi connectivity index (χ0) is 14.2. The van der Waals surface area contributed by atoms with Gasteiger partial charge in [-0.1, -0.05) is 13.8 Å². The van der Waals surface area contributed by atoms with Gasteiger partial charge < -0.3 is 15.7 Å². The smallest absolute Gasteiger partial charge is 0.228 e. The quantitative estimate of drug-likeness (QED) is 0.710. The van der Waals surface area contributed by atoms with E-state index in [9.17, 15) is 9.90 Å². The van der Waals surface area contributed by atoms with E-state index in [4.69, 9.17) is 0 Å². The molecule has 4 heteroatoms. The van der Waals surface area contributed by atoms with E-state index >= 15 is 0 Å². The molecule has 1 fully saturated rings. The van der Waals surface area contributed by atoms with Gasteiger partial charge in [0.25, 0.3) is 0 Å². The van der Waals surface area contributed by atoms with E-state index < -0.39 is 11.1 Å². The first-order valence-corrected chi connectivity index (χ1v) is 6.79. The second-order valence-corrected chi connectivity index (χ2v) is 6.88. The maximum atomic E-state index is 12.6. The van der Waals surface area contributed by atoms with Crippen LogP contribution in [-0.2, 0) is 4.79 Å². The Hall–Kier alpha value is -0.610. The first kappa shape index (κ1) is 15.4. The number of nitrogens with one attached hydrogen (secondary N) is 2. The Morgan fingerprint density at radius 3 is 2.22 bits per heavy atom. The average Bonchev–Trinajstić information content (AvgIpc) is 2.64. The monoisotopic (exact) mass is 256 g/mol. The SMILES string of the molecule is CC(C)C1(C(=O)NC(C)(C)C(C)(C)O)CCNC1. The molecular weight excluding hydrogens is 228 g/mol. The third-order valence-electron chi connectivity index (χ3n) is 4.70. The Morgan fingerprint density at radius 1 is 1.33 bits per heavy atom. The molecule has 1 aliphatic heterocycles. The number of hydrogen-bond acceptors (Lipinski definition) is 3. The predicted molar refractivity (Wildman–Crippen MR) is 73.3 cm³/mol. The summed E-state index contributed by atoms with van der Waals surface area (Å²) in [5.41, 5.74) is -1.94. The molecule has 1 rings (SSSR count). The first-order chi connectivity index (χ1) is 8.03. The summed E-state index contributed by atoms with van der Waals surface area (Å²) in [6.45, 7) is 13.0. The number of amides is 1. The lowest BCUT2D eigenvalue weighted by atomic mass is 9.74. The van der Waals surface area contributed by atoms with Crippen LogP contribution < -0.4 is 10.6 Å². The van der Waals surface area contributed by atoms with Crippen LogP contribution in [0, 0.1) is 11.3 Å². The summed E-state index contributed by atoms with van der Waals surface area (Å²) in [4.78, 5) is 12.6. The van der Waals surface area contributed by atoms with Crippen molar-refractivity contribution in [2.45, 2.75) is 59.1 Å². The van der Waals surface area contributed by atoms with E-state index in [0.717, 1.165) is 19.5 Å². The Kier molecular flexibility index (Phi) is 4.13. The fourth-order valence-corrected chi connectivity index (χ4v) is 2.22. The van der Waals surface area contributed by atoms with Crippen LogP contribution in [0.5, 0.6) is 0 Å². The summed E-state index contributed by atoms with van der Waals surface area (Å²) in [5, 5.41) is 16.4. The van der Waals surface area contributed by atoms with Crippen molar-refractivity contribution in [3.05, 3.63) is 0 Å². The van der Waals surface area contributed by atoms with Crippen molar-refractivity contribution in [1.29, 1.82) is 0 Å². The highest BCUT2D eigenvalue weighted by atomic mass is 16.3. The van der Waals surface area contributed by atoms with Gasteiger partial charge in [-0.05, 0) is 46.6 Å². The van der Waals surface area contributed by atoms with Crippen LogP contribution in [0.4, 0.5) is 0 Å². The highest BCUT2D eigenvalue weighted by Gasteiger charge is 2.47. The molecule has 18 heavy (non-hydrogen) atoms. The molecule has 1 aliphatic rings. The molecule has 0 spiro atoms. The van der Waals surface area contributed by atoms with E-state index in [-0.39, 0.29) is 17.2 Å². The predicted octanol–water partition coefficient (Wildman–Crippen LogP) is 1.29. The summed E-state index contributed by atoms with van der Waals surface area (Å²) < 4.78 is 0. The summed E-state index contributed by atoms with van der Waals surface area (Å²) in [7, 11) is 0. The maximum absolute atomic E-state index is 12.6. The molecule has 0 bridgehead atoms. The minimum atomic E-state index is -0.952. The molecule has 106 valence electrons. The zero-order valence-corrected chi connectivity index (χ0v) is 12.6. The van der Waals surface area contributed by atoms with Gasteiger partial charge in [0.2, 0.25) is 5.91 Å².